The van der Waals surface area contributed by atoms with Gasteiger partial charge < -0.3 is 0 Å². The minimum absolute atomic E-state index is 0.694. The molecule has 2 aromatic carbocycles. The molecule has 19 heavy (non-hydrogen) atoms. The van der Waals surface area contributed by atoms with Crippen LogP contribution in [0.5, 0.6) is 0 Å². The zero-order valence-electron chi connectivity index (χ0n) is 11.7. The summed E-state index contributed by atoms with van der Waals surface area (Å²) in [5.74, 6) is 0.694. The average Bonchev–Trinajstić information content (AvgIpc) is 2.43. The fraction of sp³-hybridized carbons (Fsp3) is 0.389. The van der Waals surface area contributed by atoms with Gasteiger partial charge in [0.1, 0.15) is 0 Å². The number of rotatable bonds is 6. The summed E-state index contributed by atoms with van der Waals surface area (Å²) >= 11 is 3.53. The van der Waals surface area contributed by atoms with E-state index >= 15 is 0 Å². The van der Waals surface area contributed by atoms with Crippen LogP contribution in [0.15, 0.2) is 40.9 Å². The predicted octanol–water partition coefficient (Wildman–Crippen LogP) is 6.49. The molecule has 0 bridgehead atoms. The molecule has 0 aliphatic heterocycles. The molecule has 0 fully saturated rings. The van der Waals surface area contributed by atoms with E-state index in [9.17, 15) is 0 Å². The number of unbranched alkanes of at least 4 members (excludes halogenated alkanes) is 2. The van der Waals surface area contributed by atoms with Gasteiger partial charge in [0.25, 0.3) is 0 Å². The topological polar surface area (TPSA) is 0 Å². The van der Waals surface area contributed by atoms with Crippen molar-refractivity contribution in [3.63, 3.8) is 0 Å². The monoisotopic (exact) mass is 317 g/mol. The number of fused-ring (bicyclic) bond motifs is 1. The molecule has 0 N–H and O–H groups in total. The Labute approximate surface area is 125 Å². The summed E-state index contributed by atoms with van der Waals surface area (Å²) in [6, 6.07) is 13.4. The Balaban J connectivity index is 2.20. The maximum absolute atomic E-state index is 3.93. The molecule has 0 amide bonds. The van der Waals surface area contributed by atoms with Crippen molar-refractivity contribution >= 4 is 26.7 Å². The SMILES string of the molecule is [CH2]CCCCC(CC)c1ccc2cc(Br)ccc2c1. The molecular formula is C18H22Br. The van der Waals surface area contributed by atoms with Gasteiger partial charge in [0.05, 0.1) is 0 Å². The third-order valence-electron chi connectivity index (χ3n) is 3.84. The molecule has 0 aliphatic rings. The highest BCUT2D eigenvalue weighted by Crippen LogP contribution is 2.29. The van der Waals surface area contributed by atoms with Crippen molar-refractivity contribution in [1.29, 1.82) is 0 Å². The summed E-state index contributed by atoms with van der Waals surface area (Å²) in [6.07, 6.45) is 6.10. The molecule has 2 aromatic rings. The number of hydrogen-bond donors (Lipinski definition) is 0. The fourth-order valence-electron chi connectivity index (χ4n) is 2.66. The molecule has 1 atom stereocenters. The van der Waals surface area contributed by atoms with E-state index in [1.54, 1.807) is 0 Å². The van der Waals surface area contributed by atoms with E-state index in [1.807, 2.05) is 0 Å². The fourth-order valence-corrected chi connectivity index (χ4v) is 3.04. The zero-order valence-corrected chi connectivity index (χ0v) is 13.2. The van der Waals surface area contributed by atoms with Crippen LogP contribution in [0, 0.1) is 6.92 Å². The van der Waals surface area contributed by atoms with Crippen molar-refractivity contribution in [2.24, 2.45) is 0 Å². The van der Waals surface area contributed by atoms with E-state index in [1.165, 1.54) is 42.0 Å². The highest BCUT2D eigenvalue weighted by molar-refractivity contribution is 9.10. The first-order valence-electron chi connectivity index (χ1n) is 7.23. The van der Waals surface area contributed by atoms with Crippen LogP contribution in [0.25, 0.3) is 10.8 Å². The van der Waals surface area contributed by atoms with E-state index in [2.05, 4.69) is 66.2 Å². The quantitative estimate of drug-likeness (QED) is 0.534. The molecular weight excluding hydrogens is 296 g/mol. The van der Waals surface area contributed by atoms with Crippen molar-refractivity contribution in [3.8, 4) is 0 Å². The number of halogens is 1. The molecule has 1 radical (unpaired) electrons. The molecule has 0 spiro atoms. The van der Waals surface area contributed by atoms with Crippen molar-refractivity contribution in [2.45, 2.75) is 44.9 Å². The van der Waals surface area contributed by atoms with Crippen LogP contribution < -0.4 is 0 Å². The molecule has 0 aliphatic carbocycles. The third kappa shape index (κ3) is 3.82. The number of benzene rings is 2. The van der Waals surface area contributed by atoms with E-state index < -0.39 is 0 Å². The predicted molar refractivity (Wildman–Crippen MR) is 88.5 cm³/mol. The van der Waals surface area contributed by atoms with Gasteiger partial charge in [-0.3, -0.25) is 0 Å². The van der Waals surface area contributed by atoms with Gasteiger partial charge in [-0.1, -0.05) is 73.3 Å². The summed E-state index contributed by atoms with van der Waals surface area (Å²) in [4.78, 5) is 0. The van der Waals surface area contributed by atoms with E-state index in [0.717, 1.165) is 10.9 Å². The maximum Gasteiger partial charge on any atom is 0.0181 e. The summed E-state index contributed by atoms with van der Waals surface area (Å²) in [5, 5.41) is 2.65. The summed E-state index contributed by atoms with van der Waals surface area (Å²) in [6.45, 7) is 6.22. The van der Waals surface area contributed by atoms with Crippen LogP contribution in [-0.2, 0) is 0 Å². The van der Waals surface area contributed by atoms with Crippen LogP contribution in [0.2, 0.25) is 0 Å². The van der Waals surface area contributed by atoms with Gasteiger partial charge in [0.2, 0.25) is 0 Å². The molecule has 0 aromatic heterocycles. The molecule has 2 rings (SSSR count). The first-order chi connectivity index (χ1) is 9.24. The first-order valence-corrected chi connectivity index (χ1v) is 8.02. The smallest absolute Gasteiger partial charge is 0.0181 e. The van der Waals surface area contributed by atoms with Crippen molar-refractivity contribution in [2.75, 3.05) is 0 Å². The lowest BCUT2D eigenvalue weighted by Gasteiger charge is -2.16. The van der Waals surface area contributed by atoms with Crippen molar-refractivity contribution in [3.05, 3.63) is 53.4 Å². The second kappa shape index (κ2) is 7.09. The van der Waals surface area contributed by atoms with Gasteiger partial charge >= 0.3 is 0 Å². The Bertz CT molecular complexity index is 530. The molecule has 1 heteroatoms. The Hall–Kier alpha value is -0.820. The van der Waals surface area contributed by atoms with Crippen LogP contribution in [0.3, 0.4) is 0 Å². The van der Waals surface area contributed by atoms with Crippen molar-refractivity contribution in [1.82, 2.24) is 0 Å². The minimum Gasteiger partial charge on any atom is -0.0648 e. The summed E-state index contributed by atoms with van der Waals surface area (Å²) in [7, 11) is 0. The van der Waals surface area contributed by atoms with Gasteiger partial charge in [-0.15, -0.1) is 0 Å². The average molecular weight is 318 g/mol. The van der Waals surface area contributed by atoms with Crippen LogP contribution in [0.4, 0.5) is 0 Å². The lowest BCUT2D eigenvalue weighted by Crippen LogP contribution is -1.97. The van der Waals surface area contributed by atoms with Crippen LogP contribution in [0.1, 0.15) is 50.5 Å². The largest absolute Gasteiger partial charge is 0.0648 e. The summed E-state index contributed by atoms with van der Waals surface area (Å²) in [5.41, 5.74) is 1.49. The van der Waals surface area contributed by atoms with E-state index in [4.69, 9.17) is 0 Å². The Morgan fingerprint density at radius 3 is 2.53 bits per heavy atom. The molecule has 0 saturated heterocycles. The van der Waals surface area contributed by atoms with Crippen LogP contribution in [-0.4, -0.2) is 0 Å². The summed E-state index contributed by atoms with van der Waals surface area (Å²) < 4.78 is 1.15. The molecule has 0 saturated carbocycles. The zero-order chi connectivity index (χ0) is 13.7. The third-order valence-corrected chi connectivity index (χ3v) is 4.34. The standard InChI is InChI=1S/C18H22Br/c1-3-5-6-7-14(4-2)15-8-9-17-13-18(19)11-10-16(17)12-15/h8-14H,1,3-7H2,2H3. The lowest BCUT2D eigenvalue weighted by atomic mass is 9.89. The molecule has 0 nitrogen and oxygen atoms in total. The molecule has 0 heterocycles. The second-order valence-corrected chi connectivity index (χ2v) is 6.12. The highest BCUT2D eigenvalue weighted by Gasteiger charge is 2.09. The van der Waals surface area contributed by atoms with Gasteiger partial charge in [0, 0.05) is 4.47 Å². The molecule has 101 valence electrons. The van der Waals surface area contributed by atoms with Gasteiger partial charge in [-0.2, -0.15) is 0 Å². The van der Waals surface area contributed by atoms with E-state index in [-0.39, 0.29) is 0 Å². The number of hydrogen-bond acceptors (Lipinski definition) is 0. The van der Waals surface area contributed by atoms with Gasteiger partial charge in [-0.25, -0.2) is 0 Å². The molecule has 1 unspecified atom stereocenters. The second-order valence-electron chi connectivity index (χ2n) is 5.21. The lowest BCUT2D eigenvalue weighted by molar-refractivity contribution is 0.560. The van der Waals surface area contributed by atoms with Crippen LogP contribution >= 0.6 is 15.9 Å². The normalized spacial score (nSPS) is 12.8. The van der Waals surface area contributed by atoms with Gasteiger partial charge in [0.15, 0.2) is 0 Å². The van der Waals surface area contributed by atoms with E-state index in [0.29, 0.717) is 5.92 Å². The Morgan fingerprint density at radius 2 is 1.79 bits per heavy atom. The first kappa shape index (κ1) is 14.6. The Morgan fingerprint density at radius 1 is 1.05 bits per heavy atom. The Kier molecular flexibility index (Phi) is 5.45. The van der Waals surface area contributed by atoms with Crippen molar-refractivity contribution < 1.29 is 0 Å². The minimum atomic E-state index is 0.694. The van der Waals surface area contributed by atoms with Gasteiger partial charge in [-0.05, 0) is 47.2 Å². The maximum atomic E-state index is 3.93. The highest BCUT2D eigenvalue weighted by atomic mass is 79.9.